The van der Waals surface area contributed by atoms with E-state index in [1.54, 1.807) is 13.1 Å². The fourth-order valence-corrected chi connectivity index (χ4v) is 1.90. The van der Waals surface area contributed by atoms with Gasteiger partial charge in [-0.3, -0.25) is 9.59 Å². The van der Waals surface area contributed by atoms with E-state index >= 15 is 0 Å². The summed E-state index contributed by atoms with van der Waals surface area (Å²) in [6, 6.07) is 5.44. The van der Waals surface area contributed by atoms with Crippen LogP contribution in [0, 0.1) is 5.92 Å². The number of carbonyl (C=O) groups excluding carboxylic acids is 1. The van der Waals surface area contributed by atoms with Crippen molar-refractivity contribution in [2.45, 2.75) is 13.3 Å². The van der Waals surface area contributed by atoms with Crippen molar-refractivity contribution in [3.8, 4) is 5.75 Å². The molecule has 1 unspecified atom stereocenters. The number of benzene rings is 1. The number of hydrogen-bond acceptors (Lipinski definition) is 3. The van der Waals surface area contributed by atoms with Crippen molar-refractivity contribution >= 4 is 17.6 Å². The lowest BCUT2D eigenvalue weighted by Crippen LogP contribution is -2.35. The number of carbonyl (C=O) groups is 2. The zero-order chi connectivity index (χ0) is 13.3. The highest BCUT2D eigenvalue weighted by Crippen LogP contribution is 2.29. The molecule has 96 valence electrons. The molecule has 5 nitrogen and oxygen atoms in total. The molecule has 1 amide bonds. The van der Waals surface area contributed by atoms with Crippen LogP contribution in [0.1, 0.15) is 12.5 Å². The van der Waals surface area contributed by atoms with Crippen molar-refractivity contribution in [1.82, 2.24) is 0 Å². The van der Waals surface area contributed by atoms with Crippen LogP contribution in [0.3, 0.4) is 0 Å². The number of fused-ring (bicyclic) bond motifs is 1. The van der Waals surface area contributed by atoms with Crippen molar-refractivity contribution in [2.24, 2.45) is 5.92 Å². The van der Waals surface area contributed by atoms with Crippen LogP contribution in [0.25, 0.3) is 0 Å². The summed E-state index contributed by atoms with van der Waals surface area (Å²) in [7, 11) is 1.58. The van der Waals surface area contributed by atoms with Gasteiger partial charge in [0, 0.05) is 19.2 Å². The Morgan fingerprint density at radius 3 is 2.83 bits per heavy atom. The number of carboxylic acid groups (broad SMARTS) is 1. The molecule has 1 aliphatic heterocycles. The second-order valence-electron chi connectivity index (χ2n) is 4.35. The Labute approximate surface area is 105 Å². The number of rotatable bonds is 3. The molecule has 1 aromatic carbocycles. The lowest BCUT2D eigenvalue weighted by molar-refractivity contribution is -0.145. The molecule has 2 rings (SSSR count). The van der Waals surface area contributed by atoms with Gasteiger partial charge in [0.05, 0.1) is 6.61 Å². The predicted octanol–water partition coefficient (Wildman–Crippen LogP) is 1.30. The third kappa shape index (κ3) is 2.16. The number of hydrogen-bond donors (Lipinski definition) is 1. The molecule has 5 heteroatoms. The van der Waals surface area contributed by atoms with Gasteiger partial charge in [0.1, 0.15) is 11.7 Å². The molecule has 0 saturated heterocycles. The van der Waals surface area contributed by atoms with Crippen molar-refractivity contribution in [1.29, 1.82) is 0 Å². The van der Waals surface area contributed by atoms with Crippen LogP contribution in [0.4, 0.5) is 5.69 Å². The minimum absolute atomic E-state index is 0.429. The molecule has 1 atom stereocenters. The maximum Gasteiger partial charge on any atom is 0.315 e. The number of nitrogens with zero attached hydrogens (tertiary/aromatic N) is 1. The third-order valence-corrected chi connectivity index (χ3v) is 3.13. The van der Waals surface area contributed by atoms with E-state index in [1.165, 1.54) is 11.8 Å². The normalized spacial score (nSPS) is 14.6. The van der Waals surface area contributed by atoms with Gasteiger partial charge in [0.2, 0.25) is 5.91 Å². The summed E-state index contributed by atoms with van der Waals surface area (Å²) in [5.74, 6) is -1.75. The molecule has 0 aliphatic carbocycles. The van der Waals surface area contributed by atoms with E-state index in [-0.39, 0.29) is 0 Å². The summed E-state index contributed by atoms with van der Waals surface area (Å²) in [6.45, 7) is 2.04. The number of carboxylic acids is 1. The first-order chi connectivity index (χ1) is 8.50. The first-order valence-corrected chi connectivity index (χ1v) is 5.77. The molecule has 1 aromatic rings. The van der Waals surface area contributed by atoms with Crippen LogP contribution in [0.2, 0.25) is 0 Å². The van der Waals surface area contributed by atoms with Gasteiger partial charge in [0.25, 0.3) is 0 Å². The summed E-state index contributed by atoms with van der Waals surface area (Å²) >= 11 is 0. The molecular weight excluding hydrogens is 234 g/mol. The van der Waals surface area contributed by atoms with E-state index in [0.29, 0.717) is 12.3 Å². The summed E-state index contributed by atoms with van der Waals surface area (Å²) in [6.07, 6.45) is 0.819. The maximum absolute atomic E-state index is 11.9. The van der Waals surface area contributed by atoms with Gasteiger partial charge in [-0.2, -0.15) is 0 Å². The van der Waals surface area contributed by atoms with Crippen LogP contribution < -0.4 is 9.64 Å². The highest BCUT2D eigenvalue weighted by atomic mass is 16.5. The Balaban J connectivity index is 2.21. The molecule has 0 saturated carbocycles. The summed E-state index contributed by atoms with van der Waals surface area (Å²) < 4.78 is 5.38. The Morgan fingerprint density at radius 1 is 1.44 bits per heavy atom. The van der Waals surface area contributed by atoms with Crippen molar-refractivity contribution < 1.29 is 19.4 Å². The minimum Gasteiger partial charge on any atom is -0.493 e. The van der Waals surface area contributed by atoms with Gasteiger partial charge in [-0.25, -0.2) is 0 Å². The van der Waals surface area contributed by atoms with Crippen LogP contribution in [-0.4, -0.2) is 30.6 Å². The highest BCUT2D eigenvalue weighted by Gasteiger charge is 2.25. The van der Waals surface area contributed by atoms with Crippen molar-refractivity contribution in [3.63, 3.8) is 0 Å². The first kappa shape index (κ1) is 12.4. The number of aliphatic carboxylic acids is 1. The summed E-state index contributed by atoms with van der Waals surface area (Å²) in [5, 5.41) is 8.84. The molecule has 0 aromatic heterocycles. The Kier molecular flexibility index (Phi) is 3.23. The van der Waals surface area contributed by atoms with Gasteiger partial charge < -0.3 is 14.7 Å². The van der Waals surface area contributed by atoms with Crippen LogP contribution >= 0.6 is 0 Å². The Morgan fingerprint density at radius 2 is 2.17 bits per heavy atom. The fourth-order valence-electron chi connectivity index (χ4n) is 1.90. The second kappa shape index (κ2) is 4.68. The third-order valence-electron chi connectivity index (χ3n) is 3.13. The quantitative estimate of drug-likeness (QED) is 0.820. The molecule has 0 bridgehead atoms. The van der Waals surface area contributed by atoms with Gasteiger partial charge in [-0.15, -0.1) is 0 Å². The molecule has 0 spiro atoms. The maximum atomic E-state index is 11.9. The highest BCUT2D eigenvalue weighted by molar-refractivity contribution is 6.05. The monoisotopic (exact) mass is 249 g/mol. The topological polar surface area (TPSA) is 66.8 Å². The van der Waals surface area contributed by atoms with Crippen LogP contribution in [0.5, 0.6) is 5.75 Å². The van der Waals surface area contributed by atoms with E-state index in [4.69, 9.17) is 9.84 Å². The molecule has 1 heterocycles. The molecule has 1 N–H and O–H groups in total. The number of ether oxygens (including phenoxy) is 1. The first-order valence-electron chi connectivity index (χ1n) is 5.77. The summed E-state index contributed by atoms with van der Waals surface area (Å²) in [4.78, 5) is 24.1. The zero-order valence-electron chi connectivity index (χ0n) is 10.3. The molecule has 18 heavy (non-hydrogen) atoms. The molecule has 0 fully saturated rings. The van der Waals surface area contributed by atoms with E-state index in [9.17, 15) is 9.59 Å². The van der Waals surface area contributed by atoms with E-state index in [1.807, 2.05) is 12.1 Å². The van der Waals surface area contributed by atoms with Gasteiger partial charge >= 0.3 is 5.97 Å². The molecule has 0 radical (unpaired) electrons. The van der Waals surface area contributed by atoms with Gasteiger partial charge in [0.15, 0.2) is 0 Å². The van der Waals surface area contributed by atoms with E-state index in [2.05, 4.69) is 0 Å². The average molecular weight is 249 g/mol. The average Bonchev–Trinajstić information content (AvgIpc) is 2.82. The zero-order valence-corrected chi connectivity index (χ0v) is 10.3. The SMILES string of the molecule is CC(C(=O)O)C(=O)N(C)c1ccc2c(c1)CCO2. The summed E-state index contributed by atoms with van der Waals surface area (Å²) in [5.41, 5.74) is 1.74. The van der Waals surface area contributed by atoms with Gasteiger partial charge in [-0.1, -0.05) is 0 Å². The standard InChI is InChI=1S/C13H15NO4/c1-8(13(16)17)12(15)14(2)10-3-4-11-9(7-10)5-6-18-11/h3-4,7-8H,5-6H2,1-2H3,(H,16,17). The Bertz CT molecular complexity index is 498. The van der Waals surface area contributed by atoms with E-state index in [0.717, 1.165) is 17.7 Å². The number of amides is 1. The molecular formula is C13H15NO4. The predicted molar refractivity (Wildman–Crippen MR) is 65.9 cm³/mol. The van der Waals surface area contributed by atoms with E-state index < -0.39 is 17.8 Å². The largest absolute Gasteiger partial charge is 0.493 e. The minimum atomic E-state index is -1.11. The van der Waals surface area contributed by atoms with Crippen LogP contribution in [0.15, 0.2) is 18.2 Å². The number of anilines is 1. The smallest absolute Gasteiger partial charge is 0.315 e. The fraction of sp³-hybridized carbons (Fsp3) is 0.385. The lowest BCUT2D eigenvalue weighted by Gasteiger charge is -2.20. The van der Waals surface area contributed by atoms with Crippen molar-refractivity contribution in [3.05, 3.63) is 23.8 Å². The van der Waals surface area contributed by atoms with Crippen molar-refractivity contribution in [2.75, 3.05) is 18.6 Å². The molecule has 1 aliphatic rings. The van der Waals surface area contributed by atoms with Gasteiger partial charge in [-0.05, 0) is 30.7 Å². The second-order valence-corrected chi connectivity index (χ2v) is 4.35. The lowest BCUT2D eigenvalue weighted by atomic mass is 10.1. The Hall–Kier alpha value is -2.04. The van der Waals surface area contributed by atoms with Crippen LogP contribution in [-0.2, 0) is 16.0 Å².